The van der Waals surface area contributed by atoms with Gasteiger partial charge in [0, 0.05) is 48.8 Å². The largest absolute Gasteiger partial charge is 0.496 e. The number of nitrogens with zero attached hydrogens (tertiary/aromatic N) is 3. The molecule has 2 atom stereocenters. The SMILES string of the molecule is COc1cc2c(cc1C(=O)O)SC1N(CCCN3CCC(F)CC3)C(c3ccc(C4CCC(=O)N4)cc3F)=CN21. The number of carbonyl (C=O) groups excluding carboxylic acids is 1. The Kier molecular flexibility index (Phi) is 7.35. The number of halogens is 2. The van der Waals surface area contributed by atoms with Gasteiger partial charge < -0.3 is 29.9 Å². The van der Waals surface area contributed by atoms with E-state index in [2.05, 4.69) is 15.1 Å². The van der Waals surface area contributed by atoms with Gasteiger partial charge in [-0.2, -0.15) is 0 Å². The number of thioether (sulfide) groups is 1. The molecular weight excluding hydrogens is 538 g/mol. The Hall–Kier alpha value is -3.31. The highest BCUT2D eigenvalue weighted by Crippen LogP contribution is 2.52. The van der Waals surface area contributed by atoms with Crippen LogP contribution in [0.25, 0.3) is 5.70 Å². The monoisotopic (exact) mass is 570 g/mol. The van der Waals surface area contributed by atoms with Crippen molar-refractivity contribution in [1.82, 2.24) is 15.1 Å². The zero-order valence-corrected chi connectivity index (χ0v) is 23.1. The summed E-state index contributed by atoms with van der Waals surface area (Å²) in [5, 5.41) is 12.6. The second-order valence-electron chi connectivity index (χ2n) is 10.7. The van der Waals surface area contributed by atoms with Gasteiger partial charge in [-0.3, -0.25) is 4.79 Å². The summed E-state index contributed by atoms with van der Waals surface area (Å²) in [7, 11) is 1.45. The number of methoxy groups -OCH3 is 1. The first-order chi connectivity index (χ1) is 19.3. The van der Waals surface area contributed by atoms with Crippen LogP contribution in [0.15, 0.2) is 41.4 Å². The Morgan fingerprint density at radius 2 is 1.98 bits per heavy atom. The molecular formula is C29H32F2N4O4S. The second-order valence-corrected chi connectivity index (χ2v) is 11.7. The molecule has 0 aromatic heterocycles. The number of ether oxygens (including phenoxy) is 1. The molecule has 11 heteroatoms. The standard InChI is InChI=1S/C29H32F2N4O4S/c1-39-25-15-23-26(14-20(25)28(37)38)40-29-34(10-2-9-33-11-7-18(30)8-12-33)24(16-35(23)29)19-4-3-17(13-21(19)31)22-5-6-27(36)32-22/h3-4,13-16,18,22,29H,2,5-12H2,1H3,(H,32,36)(H,37,38). The number of amides is 1. The average Bonchev–Trinajstić information content (AvgIpc) is 3.63. The number of alkyl halides is 1. The Bertz CT molecular complexity index is 1360. The van der Waals surface area contributed by atoms with E-state index in [4.69, 9.17) is 4.74 Å². The lowest BCUT2D eigenvalue weighted by molar-refractivity contribution is -0.119. The third-order valence-electron chi connectivity index (χ3n) is 8.15. The molecule has 4 aliphatic rings. The Morgan fingerprint density at radius 3 is 2.65 bits per heavy atom. The predicted octanol–water partition coefficient (Wildman–Crippen LogP) is 4.82. The zero-order valence-electron chi connectivity index (χ0n) is 22.2. The first-order valence-corrected chi connectivity index (χ1v) is 14.5. The molecule has 4 heterocycles. The Balaban J connectivity index is 1.29. The molecule has 2 fully saturated rings. The fourth-order valence-corrected chi connectivity index (χ4v) is 7.34. The van der Waals surface area contributed by atoms with E-state index >= 15 is 4.39 Å². The maximum Gasteiger partial charge on any atom is 0.339 e. The van der Waals surface area contributed by atoms with Crippen LogP contribution in [0.5, 0.6) is 5.75 Å². The number of anilines is 1. The van der Waals surface area contributed by atoms with Crippen molar-refractivity contribution in [3.05, 3.63) is 59.0 Å². The normalized spacial score (nSPS) is 22.8. The van der Waals surface area contributed by atoms with Gasteiger partial charge in [-0.05, 0) is 56.0 Å². The van der Waals surface area contributed by atoms with Crippen molar-refractivity contribution < 1.29 is 28.2 Å². The van der Waals surface area contributed by atoms with Crippen LogP contribution in [0.4, 0.5) is 14.5 Å². The van der Waals surface area contributed by atoms with Crippen molar-refractivity contribution in [3.8, 4) is 5.75 Å². The van der Waals surface area contributed by atoms with Gasteiger partial charge in [-0.1, -0.05) is 17.8 Å². The number of nitrogens with one attached hydrogen (secondary N) is 1. The van der Waals surface area contributed by atoms with Crippen molar-refractivity contribution in [3.63, 3.8) is 0 Å². The van der Waals surface area contributed by atoms with E-state index in [1.165, 1.54) is 24.9 Å². The van der Waals surface area contributed by atoms with E-state index in [9.17, 15) is 19.1 Å². The highest BCUT2D eigenvalue weighted by atomic mass is 32.2. The molecule has 2 aromatic rings. The van der Waals surface area contributed by atoms with Crippen LogP contribution in [0.3, 0.4) is 0 Å². The van der Waals surface area contributed by atoms with Gasteiger partial charge in [0.25, 0.3) is 0 Å². The number of likely N-dealkylation sites (tertiary alicyclic amines) is 1. The van der Waals surface area contributed by atoms with Crippen molar-refractivity contribution in [2.75, 3.05) is 38.2 Å². The summed E-state index contributed by atoms with van der Waals surface area (Å²) in [5.41, 5.74) is 2.67. The average molecular weight is 571 g/mol. The minimum Gasteiger partial charge on any atom is -0.496 e. The van der Waals surface area contributed by atoms with E-state index < -0.39 is 12.1 Å². The molecule has 2 unspecified atom stereocenters. The lowest BCUT2D eigenvalue weighted by Crippen LogP contribution is -2.38. The van der Waals surface area contributed by atoms with Gasteiger partial charge in [0.1, 0.15) is 23.3 Å². The number of aromatic carboxylic acids is 1. The number of benzene rings is 2. The molecule has 40 heavy (non-hydrogen) atoms. The summed E-state index contributed by atoms with van der Waals surface area (Å²) < 4.78 is 34.7. The molecule has 8 nitrogen and oxygen atoms in total. The smallest absolute Gasteiger partial charge is 0.339 e. The zero-order chi connectivity index (χ0) is 28.0. The fourth-order valence-electron chi connectivity index (χ4n) is 6.01. The molecule has 0 bridgehead atoms. The molecule has 0 saturated carbocycles. The summed E-state index contributed by atoms with van der Waals surface area (Å²) in [5.74, 6) is -1.16. The number of carbonyl (C=O) groups is 2. The van der Waals surface area contributed by atoms with Crippen molar-refractivity contribution >= 4 is 35.0 Å². The lowest BCUT2D eigenvalue weighted by atomic mass is 10.0. The van der Waals surface area contributed by atoms with Crippen molar-refractivity contribution in [1.29, 1.82) is 0 Å². The van der Waals surface area contributed by atoms with Crippen molar-refractivity contribution in [2.45, 2.75) is 54.7 Å². The van der Waals surface area contributed by atoms with Crippen LogP contribution in [-0.2, 0) is 4.79 Å². The van der Waals surface area contributed by atoms with E-state index in [1.54, 1.807) is 18.2 Å². The van der Waals surface area contributed by atoms with Crippen molar-refractivity contribution in [2.24, 2.45) is 0 Å². The topological polar surface area (TPSA) is 85.4 Å². The van der Waals surface area contributed by atoms with E-state index in [0.717, 1.165) is 47.9 Å². The fraction of sp³-hybridized carbons (Fsp3) is 0.448. The first-order valence-electron chi connectivity index (χ1n) is 13.7. The first kappa shape index (κ1) is 26.9. The van der Waals surface area contributed by atoms with Crippen LogP contribution in [0.2, 0.25) is 0 Å². The molecule has 6 rings (SSSR count). The van der Waals surface area contributed by atoms with E-state index in [-0.39, 0.29) is 34.6 Å². The maximum absolute atomic E-state index is 15.7. The molecule has 1 amide bonds. The van der Waals surface area contributed by atoms with Crippen LogP contribution < -0.4 is 15.0 Å². The number of rotatable bonds is 8. The van der Waals surface area contributed by atoms with Gasteiger partial charge >= 0.3 is 5.97 Å². The van der Waals surface area contributed by atoms with E-state index in [1.807, 2.05) is 17.2 Å². The highest BCUT2D eigenvalue weighted by Gasteiger charge is 2.42. The van der Waals surface area contributed by atoms with Crippen LogP contribution in [0, 0.1) is 5.82 Å². The van der Waals surface area contributed by atoms with Gasteiger partial charge in [0.05, 0.1) is 24.5 Å². The third-order valence-corrected chi connectivity index (χ3v) is 9.43. The van der Waals surface area contributed by atoms with Crippen LogP contribution >= 0.6 is 11.8 Å². The highest BCUT2D eigenvalue weighted by molar-refractivity contribution is 8.00. The van der Waals surface area contributed by atoms with Gasteiger partial charge in [-0.25, -0.2) is 13.6 Å². The molecule has 0 radical (unpaired) electrons. The molecule has 2 N–H and O–H groups in total. The molecule has 0 spiro atoms. The molecule has 0 aliphatic carbocycles. The third kappa shape index (κ3) is 5.01. The number of hydrogen-bond donors (Lipinski definition) is 2. The Labute approximate surface area is 235 Å². The quantitative estimate of drug-likeness (QED) is 0.468. The summed E-state index contributed by atoms with van der Waals surface area (Å²) >= 11 is 1.53. The maximum atomic E-state index is 15.7. The minimum atomic E-state index is -1.06. The minimum absolute atomic E-state index is 0.0206. The summed E-state index contributed by atoms with van der Waals surface area (Å²) in [6.07, 6.45) is 4.22. The second kappa shape index (κ2) is 10.9. The molecule has 2 aromatic carbocycles. The Morgan fingerprint density at radius 1 is 1.18 bits per heavy atom. The molecule has 2 saturated heterocycles. The lowest BCUT2D eigenvalue weighted by Gasteiger charge is -2.32. The summed E-state index contributed by atoms with van der Waals surface area (Å²) in [6.45, 7) is 2.95. The number of fused-ring (bicyclic) bond motifs is 3. The number of hydrogen-bond acceptors (Lipinski definition) is 7. The number of carboxylic acids is 1. The van der Waals surface area contributed by atoms with Gasteiger partial charge in [0.2, 0.25) is 5.91 Å². The number of carboxylic acid groups (broad SMARTS) is 1. The molecule has 212 valence electrons. The van der Waals surface area contributed by atoms with Gasteiger partial charge in [-0.15, -0.1) is 0 Å². The summed E-state index contributed by atoms with van der Waals surface area (Å²) in [4.78, 5) is 30.8. The van der Waals surface area contributed by atoms with Gasteiger partial charge in [0.15, 0.2) is 5.50 Å². The van der Waals surface area contributed by atoms with Crippen LogP contribution in [-0.4, -0.2) is 71.7 Å². The predicted molar refractivity (Wildman–Crippen MR) is 148 cm³/mol. The summed E-state index contributed by atoms with van der Waals surface area (Å²) in [6, 6.07) is 8.35. The van der Waals surface area contributed by atoms with E-state index in [0.29, 0.717) is 37.8 Å². The molecule has 4 aliphatic heterocycles. The van der Waals surface area contributed by atoms with Crippen LogP contribution in [0.1, 0.15) is 59.6 Å². The number of piperidine rings is 1.